The molecule has 3 aliphatic heterocycles. The van der Waals surface area contributed by atoms with E-state index in [0.717, 1.165) is 37.0 Å². The second kappa shape index (κ2) is 8.32. The first-order chi connectivity index (χ1) is 17.2. The summed E-state index contributed by atoms with van der Waals surface area (Å²) in [4.78, 5) is 59.8. The summed E-state index contributed by atoms with van der Waals surface area (Å²) in [7, 11) is 0. The van der Waals surface area contributed by atoms with E-state index in [9.17, 15) is 19.2 Å². The first-order valence-corrected chi connectivity index (χ1v) is 13.1. The summed E-state index contributed by atoms with van der Waals surface area (Å²) in [6.45, 7) is 1.63. The monoisotopic (exact) mass is 525 g/mol. The van der Waals surface area contributed by atoms with E-state index in [-0.39, 0.29) is 17.9 Å². The molecule has 5 amide bonds. The highest BCUT2D eigenvalue weighted by molar-refractivity contribution is 6.32. The molecule has 2 aromatic carbocycles. The number of hydrogen-bond donors (Lipinski definition) is 0. The number of hydrogen-bond acceptors (Lipinski definition) is 4. The number of amides is 5. The molecule has 0 N–H and O–H groups in total. The molecule has 186 valence electrons. The number of nitrogens with zero attached hydrogens (tertiary/aromatic N) is 3. The smallest absolute Gasteiger partial charge is 0.301 e. The van der Waals surface area contributed by atoms with Crippen LogP contribution in [0.5, 0.6) is 0 Å². The molecule has 4 fully saturated rings. The molecule has 0 spiro atoms. The van der Waals surface area contributed by atoms with Gasteiger partial charge in [-0.15, -0.1) is 0 Å². The van der Waals surface area contributed by atoms with Gasteiger partial charge in [0, 0.05) is 16.1 Å². The van der Waals surface area contributed by atoms with Gasteiger partial charge in [0.05, 0.1) is 23.6 Å². The van der Waals surface area contributed by atoms with Gasteiger partial charge in [-0.1, -0.05) is 60.7 Å². The minimum atomic E-state index is -1.51. The van der Waals surface area contributed by atoms with E-state index in [4.69, 9.17) is 23.2 Å². The molecule has 0 bridgehead atoms. The average Bonchev–Trinajstić information content (AvgIpc) is 3.37. The number of fused-ring (bicyclic) bond motifs is 3. The Labute approximate surface area is 218 Å². The van der Waals surface area contributed by atoms with Gasteiger partial charge in [0.25, 0.3) is 5.91 Å². The second-order valence-electron chi connectivity index (χ2n) is 10.3. The number of urea groups is 1. The van der Waals surface area contributed by atoms with E-state index in [0.29, 0.717) is 21.3 Å². The van der Waals surface area contributed by atoms with Crippen LogP contribution >= 0.6 is 23.2 Å². The first-order valence-electron chi connectivity index (χ1n) is 12.3. The maximum Gasteiger partial charge on any atom is 0.332 e. The highest BCUT2D eigenvalue weighted by atomic mass is 35.5. The van der Waals surface area contributed by atoms with Gasteiger partial charge in [0.15, 0.2) is 0 Å². The van der Waals surface area contributed by atoms with Crippen molar-refractivity contribution in [1.29, 1.82) is 0 Å². The Morgan fingerprint density at radius 2 is 1.56 bits per heavy atom. The summed E-state index contributed by atoms with van der Waals surface area (Å²) >= 11 is 12.3. The zero-order valence-corrected chi connectivity index (χ0v) is 21.2. The molecular weight excluding hydrogens is 501 g/mol. The Morgan fingerprint density at radius 3 is 2.22 bits per heavy atom. The molecule has 0 radical (unpaired) electrons. The van der Waals surface area contributed by atoms with Crippen molar-refractivity contribution in [3.63, 3.8) is 0 Å². The molecule has 4 aliphatic rings. The summed E-state index contributed by atoms with van der Waals surface area (Å²) in [6, 6.07) is 11.9. The number of rotatable bonds is 3. The molecule has 3 heterocycles. The van der Waals surface area contributed by atoms with Gasteiger partial charge in [0.1, 0.15) is 5.54 Å². The lowest BCUT2D eigenvalue weighted by atomic mass is 9.80. The quantitative estimate of drug-likeness (QED) is 0.407. The van der Waals surface area contributed by atoms with Gasteiger partial charge in [0.2, 0.25) is 11.8 Å². The summed E-state index contributed by atoms with van der Waals surface area (Å²) in [5, 5.41) is 0.895. The van der Waals surface area contributed by atoms with Crippen molar-refractivity contribution in [2.24, 2.45) is 11.8 Å². The molecule has 7 nitrogen and oxygen atoms in total. The third-order valence-electron chi connectivity index (χ3n) is 8.36. The van der Waals surface area contributed by atoms with Crippen molar-refractivity contribution in [1.82, 2.24) is 9.80 Å². The van der Waals surface area contributed by atoms with Crippen LogP contribution in [0.3, 0.4) is 0 Å². The number of carbonyl (C=O) groups is 4. The molecule has 9 heteroatoms. The molecule has 36 heavy (non-hydrogen) atoms. The molecule has 1 aliphatic carbocycles. The number of anilines is 1. The lowest BCUT2D eigenvalue weighted by Crippen LogP contribution is -2.52. The summed E-state index contributed by atoms with van der Waals surface area (Å²) in [6.07, 6.45) is 4.54. The topological polar surface area (TPSA) is 78.0 Å². The Kier molecular flexibility index (Phi) is 5.43. The first kappa shape index (κ1) is 23.5. The number of carbonyl (C=O) groups excluding carboxylic acids is 4. The molecule has 3 unspecified atom stereocenters. The van der Waals surface area contributed by atoms with Crippen LogP contribution in [0.2, 0.25) is 10.0 Å². The molecule has 0 aromatic heterocycles. The molecule has 6 rings (SSSR count). The van der Waals surface area contributed by atoms with Crippen molar-refractivity contribution >= 4 is 52.6 Å². The van der Waals surface area contributed by atoms with Gasteiger partial charge < -0.3 is 4.90 Å². The van der Waals surface area contributed by atoms with E-state index in [1.807, 2.05) is 0 Å². The molecule has 2 aromatic rings. The molecule has 3 saturated heterocycles. The number of likely N-dealkylation sites (tertiary alicyclic amines) is 1. The van der Waals surface area contributed by atoms with Gasteiger partial charge in [-0.3, -0.25) is 19.3 Å². The van der Waals surface area contributed by atoms with Crippen molar-refractivity contribution in [2.45, 2.75) is 56.7 Å². The summed E-state index contributed by atoms with van der Waals surface area (Å²) in [5.74, 6) is -2.96. The zero-order valence-electron chi connectivity index (χ0n) is 19.7. The van der Waals surface area contributed by atoms with Crippen molar-refractivity contribution in [2.75, 3.05) is 4.90 Å². The van der Waals surface area contributed by atoms with Crippen LogP contribution in [-0.4, -0.2) is 45.1 Å². The maximum atomic E-state index is 14.1. The van der Waals surface area contributed by atoms with E-state index < -0.39 is 35.4 Å². The van der Waals surface area contributed by atoms with Crippen molar-refractivity contribution in [3.05, 3.63) is 64.1 Å². The van der Waals surface area contributed by atoms with Crippen LogP contribution in [0.1, 0.15) is 50.6 Å². The predicted molar refractivity (Wildman–Crippen MR) is 134 cm³/mol. The van der Waals surface area contributed by atoms with Crippen LogP contribution in [0.4, 0.5) is 10.5 Å². The SMILES string of the molecule is C[C@@]12C(=O)N(c3cccc(Cl)c3)C(=O)N1C(c1ccc(Cl)cc1)C1C(=O)N(C3CCCCC3)C(=O)C12. The maximum absolute atomic E-state index is 14.1. The third kappa shape index (κ3) is 3.12. The van der Waals surface area contributed by atoms with Crippen LogP contribution < -0.4 is 4.90 Å². The van der Waals surface area contributed by atoms with Gasteiger partial charge in [-0.05, 0) is 55.7 Å². The fourth-order valence-corrected chi connectivity index (χ4v) is 7.07. The Hall–Kier alpha value is -2.90. The largest absolute Gasteiger partial charge is 0.332 e. The second-order valence-corrected chi connectivity index (χ2v) is 11.1. The van der Waals surface area contributed by atoms with E-state index >= 15 is 0 Å². The number of imide groups is 2. The van der Waals surface area contributed by atoms with Gasteiger partial charge in [-0.25, -0.2) is 9.69 Å². The van der Waals surface area contributed by atoms with Crippen molar-refractivity contribution < 1.29 is 19.2 Å². The minimum Gasteiger partial charge on any atom is -0.301 e. The zero-order chi connectivity index (χ0) is 25.4. The van der Waals surface area contributed by atoms with Crippen LogP contribution in [0, 0.1) is 11.8 Å². The van der Waals surface area contributed by atoms with E-state index in [2.05, 4.69) is 0 Å². The van der Waals surface area contributed by atoms with Gasteiger partial charge >= 0.3 is 6.03 Å². The third-order valence-corrected chi connectivity index (χ3v) is 8.85. The normalized spacial score (nSPS) is 30.4. The van der Waals surface area contributed by atoms with Crippen LogP contribution in [0.15, 0.2) is 48.5 Å². The summed E-state index contributed by atoms with van der Waals surface area (Å²) < 4.78 is 0. The molecule has 4 atom stereocenters. The molecular formula is C27H25Cl2N3O4. The summed E-state index contributed by atoms with van der Waals surface area (Å²) in [5.41, 5.74) is -0.510. The highest BCUT2D eigenvalue weighted by Crippen LogP contribution is 2.59. The standard InChI is InChI=1S/C27H25Cl2N3O4/c1-27-21-20(23(33)30(24(21)34)18-7-3-2-4-8-18)22(15-10-12-16(28)13-11-15)32(27)26(36)31(25(27)35)19-9-5-6-17(29)14-19/h5-6,9-14,18,20-22H,2-4,7-8H2,1H3/t20?,21?,22?,27-/m1/s1. The molecule has 1 saturated carbocycles. The fraction of sp³-hybridized carbons (Fsp3) is 0.407. The number of halogens is 2. The average molecular weight is 526 g/mol. The Morgan fingerprint density at radius 1 is 0.861 bits per heavy atom. The minimum absolute atomic E-state index is 0.163. The van der Waals surface area contributed by atoms with Gasteiger partial charge in [-0.2, -0.15) is 0 Å². The highest BCUT2D eigenvalue weighted by Gasteiger charge is 2.76. The van der Waals surface area contributed by atoms with Crippen molar-refractivity contribution in [3.8, 4) is 0 Å². The van der Waals surface area contributed by atoms with E-state index in [1.54, 1.807) is 55.5 Å². The predicted octanol–water partition coefficient (Wildman–Crippen LogP) is 5.21. The van der Waals surface area contributed by atoms with E-state index in [1.165, 1.54) is 9.80 Å². The number of benzene rings is 2. The Balaban J connectivity index is 1.50. The lowest BCUT2D eigenvalue weighted by Gasteiger charge is -2.35. The van der Waals surface area contributed by atoms with Crippen LogP contribution in [0.25, 0.3) is 0 Å². The fourth-order valence-electron chi connectivity index (χ4n) is 6.76. The van der Waals surface area contributed by atoms with Crippen LogP contribution in [-0.2, 0) is 14.4 Å². The Bertz CT molecular complexity index is 1290. The lowest BCUT2D eigenvalue weighted by molar-refractivity contribution is -0.147.